The number of ketones is 1. The number of carbonyl (C=O) groups excluding carboxylic acids is 2. The van der Waals surface area contributed by atoms with Crippen LogP contribution in [0.3, 0.4) is 0 Å². The lowest BCUT2D eigenvalue weighted by atomic mass is 10.1. The van der Waals surface area contributed by atoms with Crippen LogP contribution in [0.4, 0.5) is 11.4 Å². The number of benzene rings is 2. The van der Waals surface area contributed by atoms with Gasteiger partial charge in [-0.3, -0.25) is 29.8 Å². The van der Waals surface area contributed by atoms with E-state index in [2.05, 4.69) is 0 Å². The first-order valence-corrected chi connectivity index (χ1v) is 8.66. The molecule has 0 saturated heterocycles. The van der Waals surface area contributed by atoms with Crippen molar-refractivity contribution in [3.05, 3.63) is 74.3 Å². The first kappa shape index (κ1) is 20.0. The first-order valence-electron chi connectivity index (χ1n) is 7.67. The minimum atomic E-state index is -0.613. The lowest BCUT2D eigenvalue weighted by Gasteiger charge is -2.05. The van der Waals surface area contributed by atoms with Crippen LogP contribution < -0.4 is 0 Å². The number of hydrogen-bond acceptors (Lipinski definition) is 8. The van der Waals surface area contributed by atoms with E-state index >= 15 is 0 Å². The molecule has 27 heavy (non-hydrogen) atoms. The molecular weight excluding hydrogens is 376 g/mol. The lowest BCUT2D eigenvalue weighted by Crippen LogP contribution is -2.14. The van der Waals surface area contributed by atoms with Crippen molar-refractivity contribution in [3.63, 3.8) is 0 Å². The van der Waals surface area contributed by atoms with Crippen molar-refractivity contribution in [1.29, 1.82) is 0 Å². The van der Waals surface area contributed by atoms with E-state index in [0.717, 1.165) is 11.0 Å². The molecule has 0 aliphatic heterocycles. The highest BCUT2D eigenvalue weighted by Crippen LogP contribution is 2.22. The number of nitro groups is 2. The maximum Gasteiger partial charge on any atom is 0.307 e. The highest BCUT2D eigenvalue weighted by molar-refractivity contribution is 7.99. The standard InChI is InChI=1S/C17H14N2O7S/c20-16(12-2-1-3-14(10-12)19(24)25)11-26-17(21)8-9-27-15-6-4-13(5-7-15)18(22)23/h1-7,10H,8-9,11H2. The summed E-state index contributed by atoms with van der Waals surface area (Å²) in [6.07, 6.45) is 0.0455. The Morgan fingerprint density at radius 2 is 1.63 bits per heavy atom. The molecule has 0 radical (unpaired) electrons. The van der Waals surface area contributed by atoms with Gasteiger partial charge in [-0.2, -0.15) is 0 Å². The van der Waals surface area contributed by atoms with E-state index in [1.807, 2.05) is 0 Å². The number of non-ortho nitro benzene ring substituents is 2. The predicted octanol–water partition coefficient (Wildman–Crippen LogP) is 3.41. The van der Waals surface area contributed by atoms with Crippen molar-refractivity contribution < 1.29 is 24.2 Å². The number of carbonyl (C=O) groups is 2. The monoisotopic (exact) mass is 390 g/mol. The van der Waals surface area contributed by atoms with Crippen LogP contribution in [0.2, 0.25) is 0 Å². The largest absolute Gasteiger partial charge is 0.457 e. The number of esters is 1. The van der Waals surface area contributed by atoms with Crippen LogP contribution in [0, 0.1) is 20.2 Å². The van der Waals surface area contributed by atoms with E-state index < -0.39 is 28.2 Å². The van der Waals surface area contributed by atoms with Gasteiger partial charge in [0.1, 0.15) is 0 Å². The van der Waals surface area contributed by atoms with Crippen LogP contribution in [-0.4, -0.2) is 34.0 Å². The van der Waals surface area contributed by atoms with Gasteiger partial charge in [0.2, 0.25) is 5.78 Å². The Labute approximate surface area is 157 Å². The van der Waals surface area contributed by atoms with Crippen LogP contribution >= 0.6 is 11.8 Å². The molecule has 0 atom stereocenters. The molecule has 0 spiro atoms. The quantitative estimate of drug-likeness (QED) is 0.209. The van der Waals surface area contributed by atoms with E-state index in [0.29, 0.717) is 5.75 Å². The Hall–Kier alpha value is -3.27. The van der Waals surface area contributed by atoms with Crippen LogP contribution in [0.1, 0.15) is 16.8 Å². The molecule has 0 saturated carbocycles. The van der Waals surface area contributed by atoms with Crippen LogP contribution in [0.25, 0.3) is 0 Å². The number of nitro benzene ring substituents is 2. The highest BCUT2D eigenvalue weighted by atomic mass is 32.2. The maximum atomic E-state index is 11.9. The SMILES string of the molecule is O=C(CCSc1ccc([N+](=O)[O-])cc1)OCC(=O)c1cccc([N+](=O)[O-])c1. The van der Waals surface area contributed by atoms with Gasteiger partial charge in [-0.05, 0) is 12.1 Å². The third-order valence-electron chi connectivity index (χ3n) is 3.37. The Balaban J connectivity index is 1.75. The number of hydrogen-bond donors (Lipinski definition) is 0. The fourth-order valence-corrected chi connectivity index (χ4v) is 2.84. The van der Waals surface area contributed by atoms with Crippen LogP contribution in [0.5, 0.6) is 0 Å². The summed E-state index contributed by atoms with van der Waals surface area (Å²) in [6, 6.07) is 11.1. The molecule has 0 aromatic heterocycles. The molecule has 0 heterocycles. The van der Waals surface area contributed by atoms with Crippen molar-refractivity contribution in [2.24, 2.45) is 0 Å². The van der Waals surface area contributed by atoms with Gasteiger partial charge in [0.05, 0.1) is 16.3 Å². The normalized spacial score (nSPS) is 10.2. The topological polar surface area (TPSA) is 130 Å². The summed E-state index contributed by atoms with van der Waals surface area (Å²) >= 11 is 1.32. The van der Waals surface area contributed by atoms with E-state index in [1.165, 1.54) is 42.1 Å². The van der Waals surface area contributed by atoms with Crippen molar-refractivity contribution in [3.8, 4) is 0 Å². The lowest BCUT2D eigenvalue weighted by molar-refractivity contribution is -0.385. The van der Waals surface area contributed by atoms with E-state index in [1.54, 1.807) is 12.1 Å². The molecule has 2 aromatic carbocycles. The fraction of sp³-hybridized carbons (Fsp3) is 0.176. The minimum absolute atomic E-state index is 0.0154. The van der Waals surface area contributed by atoms with E-state index in [4.69, 9.17) is 4.74 Å². The molecular formula is C17H14N2O7S. The third kappa shape index (κ3) is 6.19. The molecule has 0 unspecified atom stereocenters. The molecule has 9 nitrogen and oxygen atoms in total. The zero-order valence-electron chi connectivity index (χ0n) is 13.9. The average molecular weight is 390 g/mol. The molecule has 0 aliphatic carbocycles. The molecule has 140 valence electrons. The second kappa shape index (κ2) is 9.43. The van der Waals surface area contributed by atoms with Gasteiger partial charge in [0.15, 0.2) is 6.61 Å². The average Bonchev–Trinajstić information content (AvgIpc) is 2.66. The first-order chi connectivity index (χ1) is 12.9. The second-order valence-corrected chi connectivity index (χ2v) is 6.41. The summed E-state index contributed by atoms with van der Waals surface area (Å²) in [5, 5.41) is 21.3. The highest BCUT2D eigenvalue weighted by Gasteiger charge is 2.14. The number of ether oxygens (including phenoxy) is 1. The van der Waals surface area contributed by atoms with Gasteiger partial charge in [0.25, 0.3) is 11.4 Å². The van der Waals surface area contributed by atoms with Crippen LogP contribution in [-0.2, 0) is 9.53 Å². The summed E-state index contributed by atoms with van der Waals surface area (Å²) in [6.45, 7) is -0.498. The molecule has 0 aliphatic rings. The van der Waals surface area contributed by atoms with Crippen molar-refractivity contribution >= 4 is 34.9 Å². The van der Waals surface area contributed by atoms with Gasteiger partial charge in [-0.25, -0.2) is 0 Å². The van der Waals surface area contributed by atoms with Gasteiger partial charge in [-0.1, -0.05) is 12.1 Å². The summed E-state index contributed by atoms with van der Waals surface area (Å²) in [7, 11) is 0. The second-order valence-electron chi connectivity index (χ2n) is 5.24. The van der Waals surface area contributed by atoms with Crippen molar-refractivity contribution in [2.75, 3.05) is 12.4 Å². The van der Waals surface area contributed by atoms with Gasteiger partial charge in [-0.15, -0.1) is 11.8 Å². The number of Topliss-reactive ketones (excluding diaryl/α,β-unsaturated/α-hetero) is 1. The van der Waals surface area contributed by atoms with Crippen molar-refractivity contribution in [1.82, 2.24) is 0 Å². The Kier molecular flexibility index (Phi) is 7.00. The Bertz CT molecular complexity index is 868. The number of thioether (sulfide) groups is 1. The summed E-state index contributed by atoms with van der Waals surface area (Å²) in [5.41, 5.74) is -0.137. The molecule has 2 rings (SSSR count). The van der Waals surface area contributed by atoms with E-state index in [-0.39, 0.29) is 23.4 Å². The Morgan fingerprint density at radius 1 is 0.963 bits per heavy atom. The molecule has 0 fully saturated rings. The van der Waals surface area contributed by atoms with Crippen molar-refractivity contribution in [2.45, 2.75) is 11.3 Å². The Morgan fingerprint density at radius 3 is 2.26 bits per heavy atom. The number of rotatable bonds is 9. The molecule has 2 aromatic rings. The molecule has 10 heteroatoms. The van der Waals surface area contributed by atoms with Gasteiger partial charge in [0, 0.05) is 40.5 Å². The van der Waals surface area contributed by atoms with E-state index in [9.17, 15) is 29.8 Å². The smallest absolute Gasteiger partial charge is 0.307 e. The maximum absolute atomic E-state index is 11.9. The summed E-state index contributed by atoms with van der Waals surface area (Å²) in [4.78, 5) is 44.6. The molecule has 0 amide bonds. The fourth-order valence-electron chi connectivity index (χ4n) is 2.01. The van der Waals surface area contributed by atoms with Crippen LogP contribution in [0.15, 0.2) is 53.4 Å². The predicted molar refractivity (Wildman–Crippen MR) is 96.8 cm³/mol. The van der Waals surface area contributed by atoms with Gasteiger partial charge >= 0.3 is 5.97 Å². The molecule has 0 bridgehead atoms. The third-order valence-corrected chi connectivity index (χ3v) is 4.38. The zero-order valence-corrected chi connectivity index (χ0v) is 14.7. The number of nitrogens with zero attached hydrogens (tertiary/aromatic N) is 2. The summed E-state index contributed by atoms with van der Waals surface area (Å²) < 4.78 is 4.89. The van der Waals surface area contributed by atoms with Gasteiger partial charge < -0.3 is 4.74 Å². The molecule has 0 N–H and O–H groups in total. The minimum Gasteiger partial charge on any atom is -0.457 e. The summed E-state index contributed by atoms with van der Waals surface area (Å²) in [5.74, 6) is -0.736. The zero-order chi connectivity index (χ0) is 19.8.